The van der Waals surface area contributed by atoms with E-state index < -0.39 is 0 Å². The third kappa shape index (κ3) is 3.11. The molecule has 1 aromatic carbocycles. The fraction of sp³-hybridized carbons (Fsp3) is 0.538. The molecule has 96 valence electrons. The molecule has 0 fully saturated rings. The number of nitrogens with two attached hydrogens (primary N) is 1. The second kappa shape index (κ2) is 6.47. The first-order chi connectivity index (χ1) is 8.17. The molecule has 0 aliphatic heterocycles. The summed E-state index contributed by atoms with van der Waals surface area (Å²) in [6, 6.07) is 5.42. The molecule has 17 heavy (non-hydrogen) atoms. The van der Waals surface area contributed by atoms with E-state index in [0.29, 0.717) is 0 Å². The summed E-state index contributed by atoms with van der Waals surface area (Å²) in [4.78, 5) is 0. The average Bonchev–Trinajstić information content (AvgIpc) is 2.39. The first kappa shape index (κ1) is 13.8. The molecule has 0 aliphatic carbocycles. The summed E-state index contributed by atoms with van der Waals surface area (Å²) in [6.07, 6.45) is 0.838. The van der Waals surface area contributed by atoms with Crippen molar-refractivity contribution in [2.24, 2.45) is 5.73 Å². The van der Waals surface area contributed by atoms with Gasteiger partial charge in [0.1, 0.15) is 11.5 Å². The monoisotopic (exact) mass is 239 g/mol. The maximum Gasteiger partial charge on any atom is 0.127 e. The highest BCUT2D eigenvalue weighted by Crippen LogP contribution is 2.31. The van der Waals surface area contributed by atoms with E-state index in [0.717, 1.165) is 23.5 Å². The molecule has 2 atom stereocenters. The highest BCUT2D eigenvalue weighted by Gasteiger charge is 2.21. The fourth-order valence-electron chi connectivity index (χ4n) is 1.86. The number of hydrogen-bond acceptors (Lipinski definition) is 4. The molecule has 1 aromatic rings. The van der Waals surface area contributed by atoms with Gasteiger partial charge in [0.05, 0.1) is 26.4 Å². The van der Waals surface area contributed by atoms with Crippen LogP contribution in [0, 0.1) is 0 Å². The van der Waals surface area contributed by atoms with E-state index in [-0.39, 0.29) is 12.1 Å². The minimum Gasteiger partial charge on any atom is -0.497 e. The summed E-state index contributed by atoms with van der Waals surface area (Å²) < 4.78 is 15.8. The molecule has 0 spiro atoms. The van der Waals surface area contributed by atoms with Gasteiger partial charge in [0, 0.05) is 18.7 Å². The smallest absolute Gasteiger partial charge is 0.127 e. The first-order valence-electron chi connectivity index (χ1n) is 5.68. The molecule has 2 N–H and O–H groups in total. The summed E-state index contributed by atoms with van der Waals surface area (Å²) in [7, 11) is 4.92. The van der Waals surface area contributed by atoms with Crippen molar-refractivity contribution in [3.8, 4) is 11.5 Å². The number of rotatable bonds is 6. The summed E-state index contributed by atoms with van der Waals surface area (Å²) in [5.74, 6) is 1.48. The van der Waals surface area contributed by atoms with Crippen molar-refractivity contribution in [1.82, 2.24) is 0 Å². The molecule has 4 heteroatoms. The van der Waals surface area contributed by atoms with Crippen molar-refractivity contribution in [2.75, 3.05) is 21.3 Å². The predicted octanol–water partition coefficient (Wildman–Crippen LogP) is 2.13. The van der Waals surface area contributed by atoms with Gasteiger partial charge in [-0.1, -0.05) is 6.92 Å². The number of ether oxygens (including phenoxy) is 3. The minimum atomic E-state index is -0.203. The van der Waals surface area contributed by atoms with E-state index in [9.17, 15) is 0 Å². The van der Waals surface area contributed by atoms with E-state index in [1.807, 2.05) is 25.1 Å². The van der Waals surface area contributed by atoms with Gasteiger partial charge in [-0.2, -0.15) is 0 Å². The van der Waals surface area contributed by atoms with Crippen molar-refractivity contribution in [3.63, 3.8) is 0 Å². The number of hydrogen-bond donors (Lipinski definition) is 1. The van der Waals surface area contributed by atoms with E-state index in [1.54, 1.807) is 21.3 Å². The third-order valence-corrected chi connectivity index (χ3v) is 2.91. The summed E-state index contributed by atoms with van der Waals surface area (Å²) in [6.45, 7) is 2.05. The average molecular weight is 239 g/mol. The Morgan fingerprint density at radius 2 is 1.88 bits per heavy atom. The lowest BCUT2D eigenvalue weighted by atomic mass is 9.99. The van der Waals surface area contributed by atoms with Crippen LogP contribution in [-0.4, -0.2) is 27.4 Å². The van der Waals surface area contributed by atoms with Crippen LogP contribution in [0.2, 0.25) is 0 Å². The first-order valence-corrected chi connectivity index (χ1v) is 5.68. The predicted molar refractivity (Wildman–Crippen MR) is 67.6 cm³/mol. The van der Waals surface area contributed by atoms with Crippen LogP contribution in [-0.2, 0) is 4.74 Å². The summed E-state index contributed by atoms with van der Waals surface area (Å²) >= 11 is 0. The van der Waals surface area contributed by atoms with Crippen molar-refractivity contribution in [1.29, 1.82) is 0 Å². The topological polar surface area (TPSA) is 53.7 Å². The quantitative estimate of drug-likeness (QED) is 0.826. The molecule has 2 unspecified atom stereocenters. The van der Waals surface area contributed by atoms with Gasteiger partial charge in [0.2, 0.25) is 0 Å². The summed E-state index contributed by atoms with van der Waals surface area (Å²) in [5.41, 5.74) is 7.11. The lowest BCUT2D eigenvalue weighted by Gasteiger charge is -2.23. The fourth-order valence-corrected chi connectivity index (χ4v) is 1.86. The Balaban J connectivity index is 3.03. The Morgan fingerprint density at radius 3 is 2.35 bits per heavy atom. The Bertz CT molecular complexity index is 351. The van der Waals surface area contributed by atoms with Gasteiger partial charge in [-0.05, 0) is 18.6 Å². The van der Waals surface area contributed by atoms with Gasteiger partial charge in [0.15, 0.2) is 0 Å². The highest BCUT2D eigenvalue weighted by molar-refractivity contribution is 5.42. The van der Waals surface area contributed by atoms with E-state index in [1.165, 1.54) is 0 Å². The van der Waals surface area contributed by atoms with Crippen molar-refractivity contribution < 1.29 is 14.2 Å². The molecular formula is C13H21NO3. The van der Waals surface area contributed by atoms with E-state index in [4.69, 9.17) is 19.9 Å². The van der Waals surface area contributed by atoms with Crippen molar-refractivity contribution >= 4 is 0 Å². The maximum atomic E-state index is 6.18. The summed E-state index contributed by atoms with van der Waals surface area (Å²) in [5, 5.41) is 0. The number of methoxy groups -OCH3 is 3. The molecule has 0 radical (unpaired) electrons. The van der Waals surface area contributed by atoms with Crippen LogP contribution in [0.15, 0.2) is 18.2 Å². The molecular weight excluding hydrogens is 218 g/mol. The second-order valence-electron chi connectivity index (χ2n) is 3.82. The van der Waals surface area contributed by atoms with Gasteiger partial charge in [0.25, 0.3) is 0 Å². The zero-order chi connectivity index (χ0) is 12.8. The van der Waals surface area contributed by atoms with Crippen LogP contribution in [0.4, 0.5) is 0 Å². The second-order valence-corrected chi connectivity index (χ2v) is 3.82. The maximum absolute atomic E-state index is 6.18. The third-order valence-electron chi connectivity index (χ3n) is 2.91. The van der Waals surface area contributed by atoms with Crippen LogP contribution < -0.4 is 15.2 Å². The van der Waals surface area contributed by atoms with Crippen LogP contribution in [0.25, 0.3) is 0 Å². The van der Waals surface area contributed by atoms with Crippen LogP contribution in [0.1, 0.15) is 24.9 Å². The SMILES string of the molecule is CCC(OC)C(N)c1ccc(OC)cc1OC. The molecule has 0 amide bonds. The van der Waals surface area contributed by atoms with Crippen molar-refractivity contribution in [3.05, 3.63) is 23.8 Å². The minimum absolute atomic E-state index is 0.0164. The van der Waals surface area contributed by atoms with Crippen LogP contribution in [0.5, 0.6) is 11.5 Å². The molecule has 0 aromatic heterocycles. The lowest BCUT2D eigenvalue weighted by molar-refractivity contribution is 0.0764. The number of benzene rings is 1. The van der Waals surface area contributed by atoms with Crippen LogP contribution >= 0.6 is 0 Å². The largest absolute Gasteiger partial charge is 0.497 e. The molecule has 0 saturated heterocycles. The Labute approximate surface area is 103 Å². The molecule has 0 bridgehead atoms. The molecule has 0 aliphatic rings. The molecule has 0 heterocycles. The molecule has 0 saturated carbocycles. The van der Waals surface area contributed by atoms with Gasteiger partial charge < -0.3 is 19.9 Å². The highest BCUT2D eigenvalue weighted by atomic mass is 16.5. The van der Waals surface area contributed by atoms with Gasteiger partial charge in [-0.15, -0.1) is 0 Å². The van der Waals surface area contributed by atoms with Crippen LogP contribution in [0.3, 0.4) is 0 Å². The van der Waals surface area contributed by atoms with Gasteiger partial charge in [-0.3, -0.25) is 0 Å². The normalized spacial score (nSPS) is 14.2. The van der Waals surface area contributed by atoms with Gasteiger partial charge >= 0.3 is 0 Å². The Morgan fingerprint density at radius 1 is 1.18 bits per heavy atom. The zero-order valence-corrected chi connectivity index (χ0v) is 10.9. The zero-order valence-electron chi connectivity index (χ0n) is 10.9. The molecule has 1 rings (SSSR count). The van der Waals surface area contributed by atoms with Gasteiger partial charge in [-0.25, -0.2) is 0 Å². The van der Waals surface area contributed by atoms with Crippen molar-refractivity contribution in [2.45, 2.75) is 25.5 Å². The lowest BCUT2D eigenvalue weighted by Crippen LogP contribution is -2.27. The van der Waals surface area contributed by atoms with E-state index in [2.05, 4.69) is 0 Å². The Hall–Kier alpha value is -1.26. The van der Waals surface area contributed by atoms with E-state index >= 15 is 0 Å². The standard InChI is InChI=1S/C13H21NO3/c1-5-11(16-3)13(14)10-7-6-9(15-2)8-12(10)17-4/h6-8,11,13H,5,14H2,1-4H3. The Kier molecular flexibility index (Phi) is 5.25. The molecule has 4 nitrogen and oxygen atoms in total.